The Morgan fingerprint density at radius 2 is 1.75 bits per heavy atom. The molecule has 3 aromatic rings. The van der Waals surface area contributed by atoms with Gasteiger partial charge in [-0.3, -0.25) is 4.79 Å². The van der Waals surface area contributed by atoms with Crippen LogP contribution in [0.25, 0.3) is 11.0 Å². The molecule has 1 fully saturated rings. The lowest BCUT2D eigenvalue weighted by molar-refractivity contribution is 0.120. The molecule has 4 rings (SSSR count). The first-order valence-electron chi connectivity index (χ1n) is 9.31. The molecule has 0 saturated carbocycles. The van der Waals surface area contributed by atoms with Crippen LogP contribution in [0.5, 0.6) is 5.75 Å². The summed E-state index contributed by atoms with van der Waals surface area (Å²) in [7, 11) is 0. The van der Waals surface area contributed by atoms with Crippen molar-refractivity contribution in [2.75, 3.05) is 31.2 Å². The Kier molecular flexibility index (Phi) is 5.29. The van der Waals surface area contributed by atoms with Crippen LogP contribution in [0.15, 0.2) is 45.6 Å². The molecule has 0 N–H and O–H groups in total. The van der Waals surface area contributed by atoms with Crippen molar-refractivity contribution < 1.29 is 13.9 Å². The molecule has 28 heavy (non-hydrogen) atoms. The minimum absolute atomic E-state index is 0.00454. The summed E-state index contributed by atoms with van der Waals surface area (Å²) in [6.07, 6.45) is 0. The van der Waals surface area contributed by atoms with Gasteiger partial charge in [0, 0.05) is 23.7 Å². The van der Waals surface area contributed by atoms with Gasteiger partial charge in [0.05, 0.1) is 24.2 Å². The molecule has 2 aromatic carbocycles. The Balaban J connectivity index is 1.69. The zero-order valence-electron chi connectivity index (χ0n) is 16.0. The average molecular weight is 400 g/mol. The summed E-state index contributed by atoms with van der Waals surface area (Å²) >= 11 is 5.93. The van der Waals surface area contributed by atoms with Gasteiger partial charge in [-0.2, -0.15) is 0 Å². The number of ether oxygens (including phenoxy) is 2. The van der Waals surface area contributed by atoms with Gasteiger partial charge in [0.15, 0.2) is 5.43 Å². The van der Waals surface area contributed by atoms with Gasteiger partial charge in [0.1, 0.15) is 17.9 Å². The molecular weight excluding hydrogens is 378 g/mol. The molecule has 0 aliphatic carbocycles. The second kappa shape index (κ2) is 7.86. The number of benzene rings is 2. The maximum Gasteiger partial charge on any atom is 0.203 e. The zero-order valence-corrected chi connectivity index (χ0v) is 16.7. The van der Waals surface area contributed by atoms with E-state index in [2.05, 4.69) is 4.90 Å². The number of hydrogen-bond donors (Lipinski definition) is 0. The van der Waals surface area contributed by atoms with Gasteiger partial charge < -0.3 is 18.8 Å². The Morgan fingerprint density at radius 3 is 2.46 bits per heavy atom. The molecule has 0 unspecified atom stereocenters. The predicted octanol–water partition coefficient (Wildman–Crippen LogP) is 4.48. The Hall–Kier alpha value is -2.50. The summed E-state index contributed by atoms with van der Waals surface area (Å²) in [6.45, 7) is 6.82. The average Bonchev–Trinajstić information content (AvgIpc) is 2.72. The van der Waals surface area contributed by atoms with Crippen LogP contribution in [0.3, 0.4) is 0 Å². The van der Waals surface area contributed by atoms with Crippen molar-refractivity contribution in [2.45, 2.75) is 20.5 Å². The maximum atomic E-state index is 12.9. The summed E-state index contributed by atoms with van der Waals surface area (Å²) < 4.78 is 17.6. The highest BCUT2D eigenvalue weighted by atomic mass is 35.5. The monoisotopic (exact) mass is 399 g/mol. The fourth-order valence-corrected chi connectivity index (χ4v) is 3.55. The number of halogens is 1. The molecule has 0 amide bonds. The topological polar surface area (TPSA) is 51.9 Å². The Morgan fingerprint density at radius 1 is 1.04 bits per heavy atom. The number of aryl methyl sites for hydroxylation is 1. The van der Waals surface area contributed by atoms with E-state index in [4.69, 9.17) is 25.5 Å². The summed E-state index contributed by atoms with van der Waals surface area (Å²) in [5, 5.41) is 1.27. The second-order valence-electron chi connectivity index (χ2n) is 6.94. The van der Waals surface area contributed by atoms with Crippen LogP contribution in [-0.4, -0.2) is 26.3 Å². The predicted molar refractivity (Wildman–Crippen MR) is 111 cm³/mol. The van der Waals surface area contributed by atoms with Crippen LogP contribution in [0.1, 0.15) is 16.7 Å². The van der Waals surface area contributed by atoms with Gasteiger partial charge in [-0.1, -0.05) is 23.7 Å². The fourth-order valence-electron chi connectivity index (χ4n) is 3.42. The summed E-state index contributed by atoms with van der Waals surface area (Å²) in [4.78, 5) is 15.0. The van der Waals surface area contributed by atoms with Crippen molar-refractivity contribution in [1.29, 1.82) is 0 Å². The standard InChI is InChI=1S/C22H22ClNO4/c1-14-19(27-13-16-3-5-17(23)6-4-16)8-7-18-20(25)15(2)22(28-21(14)18)24-9-11-26-12-10-24/h3-8H,9-13H2,1-2H3. The molecule has 2 heterocycles. The SMILES string of the molecule is Cc1c(N2CCOCC2)oc2c(C)c(OCc3ccc(Cl)cc3)ccc2c1=O. The van der Waals surface area contributed by atoms with Gasteiger partial charge >= 0.3 is 0 Å². The van der Waals surface area contributed by atoms with E-state index in [1.165, 1.54) is 0 Å². The number of fused-ring (bicyclic) bond motifs is 1. The minimum atomic E-state index is -0.00454. The van der Waals surface area contributed by atoms with E-state index in [1.54, 1.807) is 6.07 Å². The largest absolute Gasteiger partial charge is 0.488 e. The third-order valence-electron chi connectivity index (χ3n) is 5.07. The lowest BCUT2D eigenvalue weighted by atomic mass is 10.1. The molecule has 1 saturated heterocycles. The van der Waals surface area contributed by atoms with Gasteiger partial charge in [-0.25, -0.2) is 0 Å². The Labute approximate surface area is 168 Å². The molecule has 0 atom stereocenters. The zero-order chi connectivity index (χ0) is 19.7. The van der Waals surface area contributed by atoms with Crippen molar-refractivity contribution >= 4 is 28.5 Å². The highest BCUT2D eigenvalue weighted by Gasteiger charge is 2.21. The highest BCUT2D eigenvalue weighted by molar-refractivity contribution is 6.30. The molecule has 1 aliphatic heterocycles. The lowest BCUT2D eigenvalue weighted by Gasteiger charge is -2.28. The van der Waals surface area contributed by atoms with Gasteiger partial charge in [-0.05, 0) is 43.7 Å². The number of rotatable bonds is 4. The molecule has 5 nitrogen and oxygen atoms in total. The lowest BCUT2D eigenvalue weighted by Crippen LogP contribution is -2.37. The molecule has 146 valence electrons. The van der Waals surface area contributed by atoms with E-state index in [1.807, 2.05) is 44.2 Å². The van der Waals surface area contributed by atoms with E-state index in [9.17, 15) is 4.79 Å². The fraction of sp³-hybridized carbons (Fsp3) is 0.318. The second-order valence-corrected chi connectivity index (χ2v) is 7.38. The number of anilines is 1. The van der Waals surface area contributed by atoms with Crippen LogP contribution in [0.4, 0.5) is 5.88 Å². The first-order chi connectivity index (χ1) is 13.5. The number of morpholine rings is 1. The van der Waals surface area contributed by atoms with Crippen LogP contribution in [-0.2, 0) is 11.3 Å². The summed E-state index contributed by atoms with van der Waals surface area (Å²) in [6, 6.07) is 11.1. The van der Waals surface area contributed by atoms with Crippen LogP contribution in [0.2, 0.25) is 5.02 Å². The van der Waals surface area contributed by atoms with E-state index < -0.39 is 0 Å². The summed E-state index contributed by atoms with van der Waals surface area (Å²) in [5.74, 6) is 1.32. The normalized spacial score (nSPS) is 14.5. The van der Waals surface area contributed by atoms with Crippen molar-refractivity contribution in [1.82, 2.24) is 0 Å². The smallest absolute Gasteiger partial charge is 0.203 e. The van der Waals surface area contributed by atoms with Crippen LogP contribution < -0.4 is 15.1 Å². The van der Waals surface area contributed by atoms with Gasteiger partial charge in [-0.15, -0.1) is 0 Å². The molecule has 6 heteroatoms. The maximum absolute atomic E-state index is 12.9. The quantitative estimate of drug-likeness (QED) is 0.647. The molecule has 1 aliphatic rings. The summed E-state index contributed by atoms with van der Waals surface area (Å²) in [5.41, 5.74) is 3.03. The number of nitrogens with zero attached hydrogens (tertiary/aromatic N) is 1. The highest BCUT2D eigenvalue weighted by Crippen LogP contribution is 2.31. The van der Waals surface area contributed by atoms with E-state index in [0.717, 1.165) is 11.1 Å². The van der Waals surface area contributed by atoms with Crippen molar-refractivity contribution in [3.63, 3.8) is 0 Å². The van der Waals surface area contributed by atoms with Crippen molar-refractivity contribution in [3.05, 3.63) is 68.3 Å². The van der Waals surface area contributed by atoms with Crippen LogP contribution in [0, 0.1) is 13.8 Å². The Bertz CT molecular complexity index is 1050. The third-order valence-corrected chi connectivity index (χ3v) is 5.32. The van der Waals surface area contributed by atoms with E-state index >= 15 is 0 Å². The first-order valence-corrected chi connectivity index (χ1v) is 9.69. The van der Waals surface area contributed by atoms with Crippen molar-refractivity contribution in [3.8, 4) is 5.75 Å². The molecule has 0 bridgehead atoms. The molecular formula is C22H22ClNO4. The van der Waals surface area contributed by atoms with Gasteiger partial charge in [0.25, 0.3) is 0 Å². The minimum Gasteiger partial charge on any atom is -0.488 e. The van der Waals surface area contributed by atoms with E-state index in [0.29, 0.717) is 66.1 Å². The third kappa shape index (κ3) is 3.60. The number of hydrogen-bond acceptors (Lipinski definition) is 5. The molecule has 0 radical (unpaired) electrons. The van der Waals surface area contributed by atoms with Crippen molar-refractivity contribution in [2.24, 2.45) is 0 Å². The first kappa shape index (κ1) is 18.8. The van der Waals surface area contributed by atoms with E-state index in [-0.39, 0.29) is 5.43 Å². The van der Waals surface area contributed by atoms with Gasteiger partial charge in [0.2, 0.25) is 5.88 Å². The molecule has 0 spiro atoms. The molecule has 1 aromatic heterocycles. The van der Waals surface area contributed by atoms with Crippen LogP contribution >= 0.6 is 11.6 Å².